The molecule has 0 radical (unpaired) electrons. The first kappa shape index (κ1) is 19.1. The van der Waals surface area contributed by atoms with Gasteiger partial charge in [-0.1, -0.05) is 0 Å². The van der Waals surface area contributed by atoms with Crippen LogP contribution in [0.25, 0.3) is 0 Å². The number of unbranched alkanes of at least 4 members (excludes halogenated alkanes) is 2. The Labute approximate surface area is 165 Å². The Morgan fingerprint density at radius 2 is 1.04 bits per heavy atom. The molecule has 0 aromatic heterocycles. The second-order valence-electron chi connectivity index (χ2n) is 6.70. The third kappa shape index (κ3) is 3.43. The third-order valence-electron chi connectivity index (χ3n) is 5.12. The molecule has 0 bridgehead atoms. The van der Waals surface area contributed by atoms with Gasteiger partial charge in [0.1, 0.15) is 0 Å². The molecule has 2 heteroatoms. The normalized spacial score (nSPS) is 12.9. The van der Waals surface area contributed by atoms with Gasteiger partial charge in [0.2, 0.25) is 0 Å². The van der Waals surface area contributed by atoms with E-state index in [0.29, 0.717) is 0 Å². The van der Waals surface area contributed by atoms with Crippen LogP contribution in [0.2, 0.25) is 0 Å². The molecule has 0 fully saturated rings. The molecule has 0 aliphatic rings. The minimum absolute atomic E-state index is 1.07. The zero-order valence-corrected chi connectivity index (χ0v) is 17.6. The Hall–Kier alpha value is -1.69. The van der Waals surface area contributed by atoms with Crippen molar-refractivity contribution in [2.75, 3.05) is 6.16 Å². The van der Waals surface area contributed by atoms with E-state index in [1.807, 2.05) is 6.08 Å². The minimum atomic E-state index is -2.71. The SMILES string of the molecule is C=CCCCCP(Br)(c1ccccc1)(c1ccccc1)c1ccccc1. The number of halogens is 1. The van der Waals surface area contributed by atoms with Crippen molar-refractivity contribution < 1.29 is 0 Å². The third-order valence-corrected chi connectivity index (χ3v) is 15.2. The number of rotatable bonds is 8. The molecule has 0 saturated carbocycles. The molecule has 0 heterocycles. The van der Waals surface area contributed by atoms with Gasteiger partial charge < -0.3 is 0 Å². The second-order valence-corrected chi connectivity index (χ2v) is 15.8. The van der Waals surface area contributed by atoms with E-state index >= 15 is 0 Å². The van der Waals surface area contributed by atoms with Crippen molar-refractivity contribution in [1.29, 1.82) is 0 Å². The number of allylic oxidation sites excluding steroid dienone is 1. The molecule has 0 aliphatic carbocycles. The molecule has 0 spiro atoms. The summed E-state index contributed by atoms with van der Waals surface area (Å²) in [6, 6.07) is 33.0. The fourth-order valence-electron chi connectivity index (χ4n) is 3.75. The Balaban J connectivity index is 2.26. The first-order valence-electron chi connectivity index (χ1n) is 9.20. The summed E-state index contributed by atoms with van der Waals surface area (Å²) >= 11 is 4.47. The summed E-state index contributed by atoms with van der Waals surface area (Å²) in [5.74, 6) is 0. The van der Waals surface area contributed by atoms with Crippen molar-refractivity contribution in [2.24, 2.45) is 0 Å². The molecule has 0 saturated heterocycles. The van der Waals surface area contributed by atoms with Gasteiger partial charge in [0, 0.05) is 0 Å². The molecule has 3 aromatic carbocycles. The fraction of sp³-hybridized carbons (Fsp3) is 0.167. The Bertz CT molecular complexity index is 728. The molecule has 0 amide bonds. The topological polar surface area (TPSA) is 0 Å². The van der Waals surface area contributed by atoms with Crippen LogP contribution in [0.3, 0.4) is 0 Å². The molecule has 26 heavy (non-hydrogen) atoms. The summed E-state index contributed by atoms with van der Waals surface area (Å²) in [4.78, 5) is 0. The Morgan fingerprint density at radius 1 is 0.654 bits per heavy atom. The molecule has 3 aromatic rings. The predicted octanol–water partition coefficient (Wildman–Crippen LogP) is 6.18. The van der Waals surface area contributed by atoms with Crippen molar-refractivity contribution in [3.05, 3.63) is 104 Å². The van der Waals surface area contributed by atoms with Crippen molar-refractivity contribution in [3.8, 4) is 0 Å². The quantitative estimate of drug-likeness (QED) is 0.230. The maximum atomic E-state index is 4.47. The van der Waals surface area contributed by atoms with E-state index in [-0.39, 0.29) is 0 Å². The van der Waals surface area contributed by atoms with Gasteiger partial charge >= 0.3 is 166 Å². The number of hydrogen-bond donors (Lipinski definition) is 0. The van der Waals surface area contributed by atoms with E-state index in [0.717, 1.165) is 19.0 Å². The molecular weight excluding hydrogens is 399 g/mol. The van der Waals surface area contributed by atoms with E-state index in [1.54, 1.807) is 0 Å². The van der Waals surface area contributed by atoms with E-state index in [9.17, 15) is 0 Å². The average molecular weight is 425 g/mol. The summed E-state index contributed by atoms with van der Waals surface area (Å²) in [6.07, 6.45) is 6.53. The van der Waals surface area contributed by atoms with E-state index < -0.39 is 5.31 Å². The van der Waals surface area contributed by atoms with Gasteiger partial charge in [-0.15, -0.1) is 0 Å². The van der Waals surface area contributed by atoms with Crippen LogP contribution in [0.5, 0.6) is 0 Å². The fourth-order valence-corrected chi connectivity index (χ4v) is 11.5. The van der Waals surface area contributed by atoms with Crippen LogP contribution in [-0.2, 0) is 0 Å². The summed E-state index contributed by atoms with van der Waals surface area (Å²) in [6.45, 7) is 3.89. The molecule has 0 nitrogen and oxygen atoms in total. The van der Waals surface area contributed by atoms with Crippen LogP contribution in [0.1, 0.15) is 19.3 Å². The average Bonchev–Trinajstić information content (AvgIpc) is 2.73. The Morgan fingerprint density at radius 3 is 1.38 bits per heavy atom. The zero-order chi connectivity index (χ0) is 18.3. The predicted molar refractivity (Wildman–Crippen MR) is 123 cm³/mol. The number of benzene rings is 3. The summed E-state index contributed by atoms with van der Waals surface area (Å²) < 4.78 is 0. The van der Waals surface area contributed by atoms with Gasteiger partial charge in [0.15, 0.2) is 0 Å². The van der Waals surface area contributed by atoms with Crippen molar-refractivity contribution in [1.82, 2.24) is 0 Å². The monoisotopic (exact) mass is 424 g/mol. The van der Waals surface area contributed by atoms with Crippen LogP contribution in [0, 0.1) is 0 Å². The van der Waals surface area contributed by atoms with Gasteiger partial charge in [-0.25, -0.2) is 0 Å². The van der Waals surface area contributed by atoms with Gasteiger partial charge in [-0.05, 0) is 0 Å². The second kappa shape index (κ2) is 8.33. The Kier molecular flexibility index (Phi) is 6.12. The first-order valence-corrected chi connectivity index (χ1v) is 13.6. The number of hydrogen-bond acceptors (Lipinski definition) is 0. The summed E-state index contributed by atoms with van der Waals surface area (Å²) in [7, 11) is 0. The molecule has 0 atom stereocenters. The molecule has 0 unspecified atom stereocenters. The van der Waals surface area contributed by atoms with Crippen molar-refractivity contribution >= 4 is 36.7 Å². The van der Waals surface area contributed by atoms with Crippen LogP contribution in [0.4, 0.5) is 0 Å². The maximum absolute atomic E-state index is 4.47. The van der Waals surface area contributed by atoms with Crippen LogP contribution < -0.4 is 15.9 Å². The summed E-state index contributed by atoms with van der Waals surface area (Å²) in [5, 5.41) is 1.49. The molecule has 3 rings (SSSR count). The van der Waals surface area contributed by atoms with Crippen molar-refractivity contribution in [2.45, 2.75) is 19.3 Å². The van der Waals surface area contributed by atoms with Crippen LogP contribution in [0.15, 0.2) is 104 Å². The molecule has 134 valence electrons. The molecule has 0 aliphatic heterocycles. The molecular formula is C24H26BrP. The van der Waals surface area contributed by atoms with Crippen LogP contribution >= 0.6 is 20.8 Å². The van der Waals surface area contributed by atoms with E-state index in [2.05, 4.69) is 113 Å². The first-order chi connectivity index (χ1) is 12.7. The van der Waals surface area contributed by atoms with Crippen LogP contribution in [-0.4, -0.2) is 6.16 Å². The standard InChI is InChI=1S/C24H26BrP/c1-2-3-4-14-21-26(25,22-15-8-5-9-16-22,23-17-10-6-11-18-23)24-19-12-7-13-20-24/h2,5-13,15-20H,1,3-4,14,21H2. The molecule has 0 N–H and O–H groups in total. The van der Waals surface area contributed by atoms with Crippen molar-refractivity contribution in [3.63, 3.8) is 0 Å². The van der Waals surface area contributed by atoms with E-state index in [4.69, 9.17) is 0 Å². The summed E-state index contributed by atoms with van der Waals surface area (Å²) in [5.41, 5.74) is 0. The van der Waals surface area contributed by atoms with Gasteiger partial charge in [0.05, 0.1) is 0 Å². The van der Waals surface area contributed by atoms with Gasteiger partial charge in [-0.3, -0.25) is 0 Å². The zero-order valence-electron chi connectivity index (χ0n) is 15.1. The van der Waals surface area contributed by atoms with Gasteiger partial charge in [-0.2, -0.15) is 0 Å². The van der Waals surface area contributed by atoms with Gasteiger partial charge in [0.25, 0.3) is 0 Å². The van der Waals surface area contributed by atoms with E-state index in [1.165, 1.54) is 22.3 Å².